The summed E-state index contributed by atoms with van der Waals surface area (Å²) in [5, 5.41) is 7.76. The molecule has 3 aromatic heterocycles. The summed E-state index contributed by atoms with van der Waals surface area (Å²) in [6.45, 7) is 1.54. The molecule has 136 valence electrons. The first kappa shape index (κ1) is 16.7. The van der Waals surface area contributed by atoms with Gasteiger partial charge < -0.3 is 9.73 Å². The van der Waals surface area contributed by atoms with Crippen molar-refractivity contribution in [2.45, 2.75) is 13.5 Å². The van der Waals surface area contributed by atoms with Crippen LogP contribution in [0.15, 0.2) is 50.8 Å². The molecule has 27 heavy (non-hydrogen) atoms. The zero-order chi connectivity index (χ0) is 19.1. The Morgan fingerprint density at radius 2 is 2.04 bits per heavy atom. The van der Waals surface area contributed by atoms with Crippen molar-refractivity contribution >= 4 is 33.6 Å². The Hall–Kier alpha value is -3.75. The molecule has 0 bridgehead atoms. The highest BCUT2D eigenvalue weighted by atomic mass is 16.4. The van der Waals surface area contributed by atoms with E-state index < -0.39 is 5.63 Å². The quantitative estimate of drug-likeness (QED) is 0.547. The summed E-state index contributed by atoms with van der Waals surface area (Å²) >= 11 is 0. The number of anilines is 1. The molecule has 0 radical (unpaired) electrons. The molecule has 0 unspecified atom stereocenters. The molecule has 1 amide bonds. The number of hydrogen-bond acceptors (Lipinski definition) is 6. The third-order valence-electron chi connectivity index (χ3n) is 4.21. The Balaban J connectivity index is 1.82. The molecule has 0 saturated heterocycles. The molecule has 0 spiro atoms. The smallest absolute Gasteiger partial charge is 0.336 e. The van der Waals surface area contributed by atoms with Crippen LogP contribution in [0.4, 0.5) is 5.69 Å². The number of carbonyl (C=O) groups is 1. The number of rotatable bonds is 3. The van der Waals surface area contributed by atoms with Crippen LogP contribution in [0.25, 0.3) is 22.0 Å². The summed E-state index contributed by atoms with van der Waals surface area (Å²) in [7, 11) is 1.71. The topological polar surface area (TPSA) is 112 Å². The lowest BCUT2D eigenvalue weighted by Crippen LogP contribution is -2.21. The Kier molecular flexibility index (Phi) is 3.84. The lowest BCUT2D eigenvalue weighted by atomic mass is 10.1. The van der Waals surface area contributed by atoms with Crippen LogP contribution in [-0.4, -0.2) is 25.2 Å². The van der Waals surface area contributed by atoms with Crippen LogP contribution < -0.4 is 16.5 Å². The number of nitrogens with zero attached hydrogens (tertiary/aromatic N) is 4. The lowest BCUT2D eigenvalue weighted by Gasteiger charge is -2.09. The zero-order valence-electron chi connectivity index (χ0n) is 14.6. The van der Waals surface area contributed by atoms with Gasteiger partial charge in [-0.2, -0.15) is 5.10 Å². The van der Waals surface area contributed by atoms with Crippen molar-refractivity contribution in [3.05, 3.63) is 63.1 Å². The zero-order valence-corrected chi connectivity index (χ0v) is 14.6. The van der Waals surface area contributed by atoms with E-state index in [4.69, 9.17) is 4.42 Å². The Labute approximate surface area is 151 Å². The number of fused-ring (bicyclic) bond motifs is 2. The van der Waals surface area contributed by atoms with Crippen LogP contribution >= 0.6 is 0 Å². The van der Waals surface area contributed by atoms with E-state index in [0.717, 1.165) is 0 Å². The van der Waals surface area contributed by atoms with E-state index >= 15 is 0 Å². The van der Waals surface area contributed by atoms with Crippen LogP contribution in [0, 0.1) is 0 Å². The minimum absolute atomic E-state index is 0.151. The summed E-state index contributed by atoms with van der Waals surface area (Å²) in [4.78, 5) is 40.1. The van der Waals surface area contributed by atoms with Gasteiger partial charge in [0.1, 0.15) is 17.3 Å². The number of aryl methyl sites for hydroxylation is 1. The highest BCUT2D eigenvalue weighted by Crippen LogP contribution is 2.22. The molecule has 4 aromatic rings. The lowest BCUT2D eigenvalue weighted by molar-refractivity contribution is -0.114. The number of benzene rings is 1. The molecule has 9 nitrogen and oxygen atoms in total. The van der Waals surface area contributed by atoms with Crippen LogP contribution in [0.5, 0.6) is 0 Å². The van der Waals surface area contributed by atoms with E-state index in [9.17, 15) is 14.4 Å². The molecule has 9 heteroatoms. The average molecular weight is 365 g/mol. The molecule has 1 aromatic carbocycles. The van der Waals surface area contributed by atoms with E-state index in [1.807, 2.05) is 0 Å². The minimum atomic E-state index is -0.541. The first-order chi connectivity index (χ1) is 12.9. The maximum Gasteiger partial charge on any atom is 0.336 e. The van der Waals surface area contributed by atoms with Gasteiger partial charge in [-0.15, -0.1) is 0 Å². The van der Waals surface area contributed by atoms with Crippen LogP contribution in [-0.2, 0) is 18.4 Å². The van der Waals surface area contributed by atoms with Crippen molar-refractivity contribution in [3.8, 4) is 0 Å². The Morgan fingerprint density at radius 3 is 2.81 bits per heavy atom. The fourth-order valence-corrected chi connectivity index (χ4v) is 3.00. The van der Waals surface area contributed by atoms with E-state index in [1.165, 1.54) is 34.8 Å². The van der Waals surface area contributed by atoms with Gasteiger partial charge >= 0.3 is 5.63 Å². The van der Waals surface area contributed by atoms with Crippen molar-refractivity contribution in [1.82, 2.24) is 19.3 Å². The maximum absolute atomic E-state index is 12.7. The monoisotopic (exact) mass is 365 g/mol. The standard InChI is InChI=1S/C18H15N5O4/c1-10(24)21-12-3-4-13-11(5-16(25)27-15(13)6-12)8-23-9-19-17-14(18(23)26)7-20-22(17)2/h3-7,9H,8H2,1-2H3,(H,21,24). The predicted octanol–water partition coefficient (Wildman–Crippen LogP) is 1.24. The van der Waals surface area contributed by atoms with Gasteiger partial charge in [0, 0.05) is 37.2 Å². The summed E-state index contributed by atoms with van der Waals surface area (Å²) in [5.74, 6) is -0.227. The van der Waals surface area contributed by atoms with Crippen LogP contribution in [0.1, 0.15) is 12.5 Å². The SMILES string of the molecule is CC(=O)Nc1ccc2c(Cn3cnc4c(cnn4C)c3=O)cc(=O)oc2c1. The summed E-state index contributed by atoms with van der Waals surface area (Å²) < 4.78 is 8.18. The van der Waals surface area contributed by atoms with E-state index in [-0.39, 0.29) is 18.0 Å². The number of hydrogen-bond donors (Lipinski definition) is 1. The largest absolute Gasteiger partial charge is 0.423 e. The van der Waals surface area contributed by atoms with E-state index in [0.29, 0.717) is 33.3 Å². The highest BCUT2D eigenvalue weighted by molar-refractivity contribution is 5.92. The fourth-order valence-electron chi connectivity index (χ4n) is 3.00. The molecule has 0 aliphatic carbocycles. The number of aromatic nitrogens is 4. The number of carbonyl (C=O) groups excluding carboxylic acids is 1. The van der Waals surface area contributed by atoms with Gasteiger partial charge in [-0.05, 0) is 17.7 Å². The minimum Gasteiger partial charge on any atom is -0.423 e. The molecular weight excluding hydrogens is 350 g/mol. The Morgan fingerprint density at radius 1 is 1.22 bits per heavy atom. The summed E-state index contributed by atoms with van der Waals surface area (Å²) in [6, 6.07) is 6.37. The maximum atomic E-state index is 12.7. The molecule has 0 aliphatic heterocycles. The van der Waals surface area contributed by atoms with Crippen molar-refractivity contribution < 1.29 is 9.21 Å². The van der Waals surface area contributed by atoms with Crippen LogP contribution in [0.3, 0.4) is 0 Å². The molecule has 4 rings (SSSR count). The molecule has 1 N–H and O–H groups in total. The third kappa shape index (κ3) is 2.99. The summed E-state index contributed by atoms with van der Waals surface area (Å²) in [6.07, 6.45) is 2.90. The van der Waals surface area contributed by atoms with E-state index in [2.05, 4.69) is 15.4 Å². The van der Waals surface area contributed by atoms with Crippen molar-refractivity contribution in [3.63, 3.8) is 0 Å². The van der Waals surface area contributed by atoms with Gasteiger partial charge in [-0.3, -0.25) is 18.8 Å². The van der Waals surface area contributed by atoms with Crippen molar-refractivity contribution in [1.29, 1.82) is 0 Å². The van der Waals surface area contributed by atoms with Gasteiger partial charge in [0.05, 0.1) is 12.7 Å². The summed E-state index contributed by atoms with van der Waals surface area (Å²) in [5.41, 5.74) is 1.17. The second kappa shape index (κ2) is 6.20. The molecule has 0 aliphatic rings. The van der Waals surface area contributed by atoms with Gasteiger partial charge in [0.25, 0.3) is 5.56 Å². The third-order valence-corrected chi connectivity index (χ3v) is 4.21. The second-order valence-corrected chi connectivity index (χ2v) is 6.17. The second-order valence-electron chi connectivity index (χ2n) is 6.17. The van der Waals surface area contributed by atoms with Crippen molar-refractivity contribution in [2.24, 2.45) is 7.05 Å². The average Bonchev–Trinajstić information content (AvgIpc) is 2.98. The highest BCUT2D eigenvalue weighted by Gasteiger charge is 2.12. The van der Waals surface area contributed by atoms with Gasteiger partial charge in [0.15, 0.2) is 5.65 Å². The van der Waals surface area contributed by atoms with Crippen molar-refractivity contribution in [2.75, 3.05) is 5.32 Å². The molecule has 3 heterocycles. The fraction of sp³-hybridized carbons (Fsp3) is 0.167. The first-order valence-corrected chi connectivity index (χ1v) is 8.14. The molecule has 0 saturated carbocycles. The molecule has 0 fully saturated rings. The predicted molar refractivity (Wildman–Crippen MR) is 98.7 cm³/mol. The number of amides is 1. The number of nitrogens with one attached hydrogen (secondary N) is 1. The first-order valence-electron chi connectivity index (χ1n) is 8.14. The molecular formula is C18H15N5O4. The Bertz CT molecular complexity index is 1320. The van der Waals surface area contributed by atoms with Gasteiger partial charge in [-0.25, -0.2) is 9.78 Å². The van der Waals surface area contributed by atoms with E-state index in [1.54, 1.807) is 25.2 Å². The normalized spacial score (nSPS) is 11.2. The molecule has 0 atom stereocenters. The van der Waals surface area contributed by atoms with Gasteiger partial charge in [0.2, 0.25) is 5.91 Å². The van der Waals surface area contributed by atoms with Crippen LogP contribution in [0.2, 0.25) is 0 Å². The van der Waals surface area contributed by atoms with Gasteiger partial charge in [-0.1, -0.05) is 0 Å².